The van der Waals surface area contributed by atoms with Crippen molar-refractivity contribution >= 4 is 11.9 Å². The number of nitrogens with zero attached hydrogens (tertiary/aromatic N) is 1. The van der Waals surface area contributed by atoms with Crippen LogP contribution in [-0.2, 0) is 14.3 Å². The molecule has 0 radical (unpaired) electrons. The van der Waals surface area contributed by atoms with Gasteiger partial charge in [-0.2, -0.15) is 0 Å². The van der Waals surface area contributed by atoms with Gasteiger partial charge >= 0.3 is 5.97 Å². The van der Waals surface area contributed by atoms with E-state index in [1.54, 1.807) is 4.90 Å². The van der Waals surface area contributed by atoms with Crippen LogP contribution >= 0.6 is 0 Å². The van der Waals surface area contributed by atoms with Crippen LogP contribution < -0.4 is 0 Å². The molecule has 1 unspecified atom stereocenters. The Morgan fingerprint density at radius 3 is 2.73 bits per heavy atom. The molecule has 0 aromatic heterocycles. The highest BCUT2D eigenvalue weighted by Gasteiger charge is 2.41. The smallest absolute Gasteiger partial charge is 0.305 e. The molecule has 1 N–H and O–H groups in total. The molecule has 1 saturated heterocycles. The Kier molecular flexibility index (Phi) is 4.43. The average molecular weight is 303 g/mol. The van der Waals surface area contributed by atoms with Gasteiger partial charge in [0.15, 0.2) is 0 Å². The van der Waals surface area contributed by atoms with Gasteiger partial charge in [0.25, 0.3) is 0 Å². The molecule has 2 aliphatic rings. The van der Waals surface area contributed by atoms with Crippen molar-refractivity contribution < 1.29 is 19.4 Å². The van der Waals surface area contributed by atoms with Crippen LogP contribution in [0.3, 0.4) is 0 Å². The molecule has 1 heterocycles. The molecule has 1 aliphatic carbocycles. The van der Waals surface area contributed by atoms with Gasteiger partial charge in [0.2, 0.25) is 5.91 Å². The van der Waals surface area contributed by atoms with E-state index in [1.807, 2.05) is 18.2 Å². The monoisotopic (exact) mass is 303 g/mol. The summed E-state index contributed by atoms with van der Waals surface area (Å²) in [6.45, 7) is 1.32. The minimum atomic E-state index is -0.887. The molecule has 0 bridgehead atoms. The maximum Gasteiger partial charge on any atom is 0.305 e. The SMILES string of the molecule is O=C(O)CC1COCCN1C(=O)C[C@@H]1C[C@H]1c1ccccc1. The highest BCUT2D eigenvalue weighted by molar-refractivity contribution is 5.78. The van der Waals surface area contributed by atoms with Gasteiger partial charge < -0.3 is 14.7 Å². The molecule has 5 nitrogen and oxygen atoms in total. The summed E-state index contributed by atoms with van der Waals surface area (Å²) in [6.07, 6.45) is 1.51. The Balaban J connectivity index is 1.56. The number of amides is 1. The highest BCUT2D eigenvalue weighted by atomic mass is 16.5. The molecular weight excluding hydrogens is 282 g/mol. The van der Waals surface area contributed by atoms with E-state index >= 15 is 0 Å². The molecule has 1 aliphatic heterocycles. The van der Waals surface area contributed by atoms with E-state index in [1.165, 1.54) is 5.56 Å². The number of hydrogen-bond donors (Lipinski definition) is 1. The maximum absolute atomic E-state index is 12.5. The lowest BCUT2D eigenvalue weighted by Gasteiger charge is -2.35. The normalized spacial score (nSPS) is 27.5. The van der Waals surface area contributed by atoms with Crippen LogP contribution in [0.25, 0.3) is 0 Å². The van der Waals surface area contributed by atoms with Crippen LogP contribution in [0.5, 0.6) is 0 Å². The van der Waals surface area contributed by atoms with Crippen LogP contribution in [0.15, 0.2) is 30.3 Å². The predicted octanol–water partition coefficient (Wildman–Crippen LogP) is 1.88. The molecule has 1 aromatic rings. The summed E-state index contributed by atoms with van der Waals surface area (Å²) in [4.78, 5) is 25.1. The number of morpholine rings is 1. The summed E-state index contributed by atoms with van der Waals surface area (Å²) in [7, 11) is 0. The number of hydrogen-bond acceptors (Lipinski definition) is 3. The number of benzene rings is 1. The third-order valence-electron chi connectivity index (χ3n) is 4.55. The van der Waals surface area contributed by atoms with Crippen molar-refractivity contribution in [1.29, 1.82) is 0 Å². The lowest BCUT2D eigenvalue weighted by molar-refractivity contribution is -0.146. The molecule has 1 aromatic carbocycles. The number of aliphatic carboxylic acids is 1. The van der Waals surface area contributed by atoms with E-state index in [0.717, 1.165) is 6.42 Å². The zero-order chi connectivity index (χ0) is 15.5. The zero-order valence-electron chi connectivity index (χ0n) is 12.5. The fourth-order valence-electron chi connectivity index (χ4n) is 3.28. The van der Waals surface area contributed by atoms with Crippen molar-refractivity contribution in [3.8, 4) is 0 Å². The predicted molar refractivity (Wildman–Crippen MR) is 80.5 cm³/mol. The van der Waals surface area contributed by atoms with Crippen LogP contribution in [-0.4, -0.2) is 47.7 Å². The van der Waals surface area contributed by atoms with E-state index in [4.69, 9.17) is 9.84 Å². The molecule has 2 fully saturated rings. The number of carbonyl (C=O) groups excluding carboxylic acids is 1. The van der Waals surface area contributed by atoms with Crippen molar-refractivity contribution in [2.24, 2.45) is 5.92 Å². The molecule has 0 spiro atoms. The first-order valence-corrected chi connectivity index (χ1v) is 7.79. The lowest BCUT2D eigenvalue weighted by Crippen LogP contribution is -2.49. The van der Waals surface area contributed by atoms with Crippen molar-refractivity contribution in [3.63, 3.8) is 0 Å². The number of ether oxygens (including phenoxy) is 1. The molecule has 118 valence electrons. The summed E-state index contributed by atoms with van der Waals surface area (Å²) in [6, 6.07) is 9.94. The molecule has 3 rings (SSSR count). The summed E-state index contributed by atoms with van der Waals surface area (Å²) >= 11 is 0. The molecule has 1 amide bonds. The first kappa shape index (κ1) is 15.0. The van der Waals surface area contributed by atoms with Gasteiger partial charge in [-0.15, -0.1) is 0 Å². The van der Waals surface area contributed by atoms with E-state index in [-0.39, 0.29) is 18.4 Å². The Hall–Kier alpha value is -1.88. The number of carbonyl (C=O) groups is 2. The second kappa shape index (κ2) is 6.48. The number of carboxylic acids is 1. The molecule has 1 saturated carbocycles. The minimum Gasteiger partial charge on any atom is -0.481 e. The van der Waals surface area contributed by atoms with E-state index in [2.05, 4.69) is 12.1 Å². The second-order valence-corrected chi connectivity index (χ2v) is 6.13. The van der Waals surface area contributed by atoms with Crippen molar-refractivity contribution in [2.75, 3.05) is 19.8 Å². The van der Waals surface area contributed by atoms with E-state index < -0.39 is 5.97 Å². The van der Waals surface area contributed by atoms with Gasteiger partial charge in [0, 0.05) is 13.0 Å². The standard InChI is InChI=1S/C17H21NO4/c19-16(18-6-7-22-11-14(18)10-17(20)21)9-13-8-15(13)12-4-2-1-3-5-12/h1-5,13-15H,6-11H2,(H,20,21)/t13-,14?,15-/m0/s1. The molecule has 3 atom stereocenters. The van der Waals surface area contributed by atoms with Crippen LogP contribution in [0.4, 0.5) is 0 Å². The average Bonchev–Trinajstić information content (AvgIpc) is 3.27. The first-order chi connectivity index (χ1) is 10.6. The lowest BCUT2D eigenvalue weighted by atomic mass is 10.1. The van der Waals surface area contributed by atoms with E-state index in [0.29, 0.717) is 38.0 Å². The van der Waals surface area contributed by atoms with Crippen LogP contribution in [0.2, 0.25) is 0 Å². The Morgan fingerprint density at radius 2 is 2.00 bits per heavy atom. The number of carboxylic acid groups (broad SMARTS) is 1. The van der Waals surface area contributed by atoms with Crippen LogP contribution in [0.1, 0.15) is 30.7 Å². The third kappa shape index (κ3) is 3.47. The van der Waals surface area contributed by atoms with Crippen molar-refractivity contribution in [1.82, 2.24) is 4.90 Å². The Labute approximate surface area is 129 Å². The highest BCUT2D eigenvalue weighted by Crippen LogP contribution is 2.49. The van der Waals surface area contributed by atoms with Gasteiger partial charge in [0.05, 0.1) is 25.7 Å². The summed E-state index contributed by atoms with van der Waals surface area (Å²) in [5.74, 6) is 0.0483. The number of rotatable bonds is 5. The summed E-state index contributed by atoms with van der Waals surface area (Å²) < 4.78 is 5.32. The molecule has 22 heavy (non-hydrogen) atoms. The summed E-state index contributed by atoms with van der Waals surface area (Å²) in [5.41, 5.74) is 1.30. The third-order valence-corrected chi connectivity index (χ3v) is 4.55. The van der Waals surface area contributed by atoms with E-state index in [9.17, 15) is 9.59 Å². The Morgan fingerprint density at radius 1 is 1.23 bits per heavy atom. The van der Waals surface area contributed by atoms with Crippen molar-refractivity contribution in [2.45, 2.75) is 31.2 Å². The Bertz CT molecular complexity index is 545. The van der Waals surface area contributed by atoms with Crippen molar-refractivity contribution in [3.05, 3.63) is 35.9 Å². The largest absolute Gasteiger partial charge is 0.481 e. The fraction of sp³-hybridized carbons (Fsp3) is 0.529. The summed E-state index contributed by atoms with van der Waals surface area (Å²) in [5, 5.41) is 8.96. The van der Waals surface area contributed by atoms with Gasteiger partial charge in [-0.25, -0.2) is 0 Å². The quantitative estimate of drug-likeness (QED) is 0.902. The fourth-order valence-corrected chi connectivity index (χ4v) is 3.28. The topological polar surface area (TPSA) is 66.8 Å². The van der Waals surface area contributed by atoms with Gasteiger partial charge in [-0.3, -0.25) is 9.59 Å². The minimum absolute atomic E-state index is 0.0431. The van der Waals surface area contributed by atoms with Gasteiger partial charge in [0.1, 0.15) is 0 Å². The zero-order valence-corrected chi connectivity index (χ0v) is 12.5. The molecule has 5 heteroatoms. The second-order valence-electron chi connectivity index (χ2n) is 6.13. The van der Waals surface area contributed by atoms with Crippen LogP contribution in [0, 0.1) is 5.92 Å². The van der Waals surface area contributed by atoms with Gasteiger partial charge in [-0.05, 0) is 23.8 Å². The molecular formula is C17H21NO4. The first-order valence-electron chi connectivity index (χ1n) is 7.79. The maximum atomic E-state index is 12.5. The van der Waals surface area contributed by atoms with Gasteiger partial charge in [-0.1, -0.05) is 30.3 Å².